The molecule has 0 aliphatic rings. The van der Waals surface area contributed by atoms with Gasteiger partial charge in [0.05, 0.1) is 35.6 Å². The number of carboxylic acids is 2. The number of hydrogen-bond acceptors (Lipinski definition) is 6. The molecule has 6 N–H and O–H groups in total. The SMILES string of the molecule is CC(O)(CO)C/C(C(=O)O)=C(\CC(C)(O)CO)C(=O)O. The molecule has 0 aliphatic heterocycles. The van der Waals surface area contributed by atoms with Crippen LogP contribution in [0.1, 0.15) is 26.7 Å². The van der Waals surface area contributed by atoms with Crippen molar-refractivity contribution in [1.82, 2.24) is 0 Å². The molecule has 2 atom stereocenters. The number of carboxylic acid groups (broad SMARTS) is 2. The van der Waals surface area contributed by atoms with Gasteiger partial charge in [0.25, 0.3) is 0 Å². The van der Waals surface area contributed by atoms with Crippen LogP contribution in [0.15, 0.2) is 11.1 Å². The van der Waals surface area contributed by atoms with E-state index in [1.807, 2.05) is 0 Å². The summed E-state index contributed by atoms with van der Waals surface area (Å²) in [6, 6.07) is 0. The number of rotatable bonds is 8. The van der Waals surface area contributed by atoms with E-state index in [1.165, 1.54) is 0 Å². The lowest BCUT2D eigenvalue weighted by Gasteiger charge is -2.24. The maximum atomic E-state index is 11.2. The van der Waals surface area contributed by atoms with Crippen molar-refractivity contribution in [1.29, 1.82) is 0 Å². The number of aliphatic carboxylic acids is 2. The molecule has 0 radical (unpaired) electrons. The van der Waals surface area contributed by atoms with E-state index in [1.54, 1.807) is 0 Å². The topological polar surface area (TPSA) is 156 Å². The highest BCUT2D eigenvalue weighted by Crippen LogP contribution is 2.25. The highest BCUT2D eigenvalue weighted by Gasteiger charge is 2.32. The molecule has 0 heterocycles. The van der Waals surface area contributed by atoms with Crippen molar-refractivity contribution in [2.24, 2.45) is 0 Å². The summed E-state index contributed by atoms with van der Waals surface area (Å²) in [7, 11) is 0. The molecule has 0 aliphatic carbocycles. The molecule has 0 aromatic rings. The summed E-state index contributed by atoms with van der Waals surface area (Å²) >= 11 is 0. The van der Waals surface area contributed by atoms with Crippen molar-refractivity contribution in [2.75, 3.05) is 13.2 Å². The molecular formula is C12H20O8. The Morgan fingerprint density at radius 3 is 1.20 bits per heavy atom. The lowest BCUT2D eigenvalue weighted by Crippen LogP contribution is -2.34. The molecule has 8 heteroatoms. The molecule has 8 nitrogen and oxygen atoms in total. The molecular weight excluding hydrogens is 272 g/mol. The second-order valence-electron chi connectivity index (χ2n) is 5.23. The lowest BCUT2D eigenvalue weighted by atomic mass is 9.88. The van der Waals surface area contributed by atoms with E-state index in [-0.39, 0.29) is 0 Å². The number of aliphatic hydroxyl groups excluding tert-OH is 2. The summed E-state index contributed by atoms with van der Waals surface area (Å²) in [6.45, 7) is 0.791. The summed E-state index contributed by atoms with van der Waals surface area (Å²) in [4.78, 5) is 22.3. The summed E-state index contributed by atoms with van der Waals surface area (Å²) in [6.07, 6.45) is -1.22. The van der Waals surface area contributed by atoms with Crippen LogP contribution in [0.25, 0.3) is 0 Å². The molecule has 2 unspecified atom stereocenters. The normalized spacial score (nSPS) is 18.7. The average Bonchev–Trinajstić information content (AvgIpc) is 2.33. The molecule has 0 spiro atoms. The monoisotopic (exact) mass is 292 g/mol. The first-order chi connectivity index (χ1) is 8.95. The second kappa shape index (κ2) is 6.80. The standard InChI is InChI=1S/C12H20O8/c1-11(19,5-13)3-7(9(15)16)8(10(17)18)4-12(2,20)6-14/h13-14,19-20H,3-6H2,1-2H3,(H,15,16)(H,17,18)/b8-7-. The Bertz CT molecular complexity index is 370. The van der Waals surface area contributed by atoms with Crippen LogP contribution in [-0.4, -0.2) is 67.0 Å². The van der Waals surface area contributed by atoms with Crippen LogP contribution in [0.4, 0.5) is 0 Å². The first kappa shape index (κ1) is 18.5. The summed E-state index contributed by atoms with van der Waals surface area (Å²) in [5, 5.41) is 55.3. The quantitative estimate of drug-likeness (QED) is 0.302. The van der Waals surface area contributed by atoms with Crippen LogP contribution >= 0.6 is 0 Å². The zero-order chi connectivity index (χ0) is 16.1. The number of carbonyl (C=O) groups is 2. The van der Waals surface area contributed by atoms with Crippen LogP contribution in [0.3, 0.4) is 0 Å². The minimum absolute atomic E-state index is 0.609. The van der Waals surface area contributed by atoms with Crippen LogP contribution in [-0.2, 0) is 9.59 Å². The third kappa shape index (κ3) is 5.66. The van der Waals surface area contributed by atoms with Gasteiger partial charge in [0, 0.05) is 12.8 Å². The predicted octanol–water partition coefficient (Wildman–Crippen LogP) is -1.28. The molecule has 0 bridgehead atoms. The van der Waals surface area contributed by atoms with Crippen molar-refractivity contribution >= 4 is 11.9 Å². The molecule has 0 aromatic carbocycles. The van der Waals surface area contributed by atoms with E-state index in [0.717, 1.165) is 13.8 Å². The summed E-state index contributed by atoms with van der Waals surface area (Å²) in [5.74, 6) is -3.16. The van der Waals surface area contributed by atoms with Gasteiger partial charge in [0.1, 0.15) is 0 Å². The Kier molecular flexibility index (Phi) is 6.30. The minimum atomic E-state index is -1.81. The summed E-state index contributed by atoms with van der Waals surface area (Å²) < 4.78 is 0. The van der Waals surface area contributed by atoms with Crippen LogP contribution < -0.4 is 0 Å². The van der Waals surface area contributed by atoms with Gasteiger partial charge in [-0.15, -0.1) is 0 Å². The molecule has 0 amide bonds. The van der Waals surface area contributed by atoms with Crippen molar-refractivity contribution in [3.8, 4) is 0 Å². The van der Waals surface area contributed by atoms with Gasteiger partial charge in [0.15, 0.2) is 0 Å². The van der Waals surface area contributed by atoms with Gasteiger partial charge in [-0.05, 0) is 13.8 Å². The predicted molar refractivity (Wildman–Crippen MR) is 67.0 cm³/mol. The Balaban J connectivity index is 5.70. The van der Waals surface area contributed by atoms with Crippen LogP contribution in [0, 0.1) is 0 Å². The van der Waals surface area contributed by atoms with Gasteiger partial charge in [-0.3, -0.25) is 0 Å². The highest BCUT2D eigenvalue weighted by atomic mass is 16.4. The van der Waals surface area contributed by atoms with Gasteiger partial charge in [-0.25, -0.2) is 9.59 Å². The summed E-state index contributed by atoms with van der Waals surface area (Å²) in [5.41, 5.74) is -4.88. The third-order valence-corrected chi connectivity index (χ3v) is 2.68. The Labute approximate surface area is 115 Å². The molecule has 20 heavy (non-hydrogen) atoms. The smallest absolute Gasteiger partial charge is 0.332 e. The first-order valence-electron chi connectivity index (χ1n) is 5.81. The van der Waals surface area contributed by atoms with E-state index in [0.29, 0.717) is 0 Å². The highest BCUT2D eigenvalue weighted by molar-refractivity contribution is 5.99. The Hall–Kier alpha value is -1.48. The van der Waals surface area contributed by atoms with Crippen LogP contribution in [0.2, 0.25) is 0 Å². The molecule has 0 saturated heterocycles. The zero-order valence-electron chi connectivity index (χ0n) is 11.3. The molecule has 0 saturated carbocycles. The number of hydrogen-bond donors (Lipinski definition) is 6. The largest absolute Gasteiger partial charge is 0.478 e. The van der Waals surface area contributed by atoms with Gasteiger partial charge in [-0.1, -0.05) is 0 Å². The van der Waals surface area contributed by atoms with Crippen molar-refractivity contribution in [2.45, 2.75) is 37.9 Å². The molecule has 0 fully saturated rings. The third-order valence-electron chi connectivity index (χ3n) is 2.68. The van der Waals surface area contributed by atoms with Crippen LogP contribution in [0.5, 0.6) is 0 Å². The lowest BCUT2D eigenvalue weighted by molar-refractivity contribution is -0.137. The zero-order valence-corrected chi connectivity index (χ0v) is 11.3. The Morgan fingerprint density at radius 2 is 1.05 bits per heavy atom. The van der Waals surface area contributed by atoms with E-state index in [9.17, 15) is 19.8 Å². The van der Waals surface area contributed by atoms with Crippen molar-refractivity contribution in [3.63, 3.8) is 0 Å². The van der Waals surface area contributed by atoms with Gasteiger partial charge >= 0.3 is 11.9 Å². The Morgan fingerprint density at radius 1 is 0.800 bits per heavy atom. The van der Waals surface area contributed by atoms with Crippen molar-refractivity contribution in [3.05, 3.63) is 11.1 Å². The number of aliphatic hydroxyl groups is 4. The van der Waals surface area contributed by atoms with Gasteiger partial charge < -0.3 is 30.6 Å². The van der Waals surface area contributed by atoms with E-state index < -0.39 is 60.3 Å². The van der Waals surface area contributed by atoms with E-state index >= 15 is 0 Å². The fraction of sp³-hybridized carbons (Fsp3) is 0.667. The maximum Gasteiger partial charge on any atom is 0.332 e. The molecule has 0 rings (SSSR count). The fourth-order valence-electron chi connectivity index (χ4n) is 1.50. The van der Waals surface area contributed by atoms with Crippen molar-refractivity contribution < 1.29 is 40.2 Å². The van der Waals surface area contributed by atoms with Gasteiger partial charge in [0.2, 0.25) is 0 Å². The molecule has 0 aromatic heterocycles. The minimum Gasteiger partial charge on any atom is -0.478 e. The average molecular weight is 292 g/mol. The fourth-order valence-corrected chi connectivity index (χ4v) is 1.50. The maximum absolute atomic E-state index is 11.2. The first-order valence-corrected chi connectivity index (χ1v) is 5.81. The van der Waals surface area contributed by atoms with Gasteiger partial charge in [-0.2, -0.15) is 0 Å². The molecule has 116 valence electrons. The second-order valence-corrected chi connectivity index (χ2v) is 5.23. The van der Waals surface area contributed by atoms with E-state index in [2.05, 4.69) is 0 Å². The van der Waals surface area contributed by atoms with E-state index in [4.69, 9.17) is 20.4 Å².